The van der Waals surface area contributed by atoms with E-state index in [4.69, 9.17) is 0 Å². The molecule has 0 amide bonds. The molecule has 0 atom stereocenters. The van der Waals surface area contributed by atoms with Crippen LogP contribution >= 0.6 is 10.8 Å². The van der Waals surface area contributed by atoms with Gasteiger partial charge in [0.1, 0.15) is 0 Å². The van der Waals surface area contributed by atoms with Crippen molar-refractivity contribution in [1.82, 2.24) is 0 Å². The first-order valence-electron chi connectivity index (χ1n) is 1.27. The Morgan fingerprint density at radius 1 is 1.83 bits per heavy atom. The van der Waals surface area contributed by atoms with Crippen molar-refractivity contribution >= 4 is 22.5 Å². The van der Waals surface area contributed by atoms with Gasteiger partial charge in [0.05, 0.1) is 0 Å². The van der Waals surface area contributed by atoms with Gasteiger partial charge in [0.15, 0.2) is 0 Å². The van der Waals surface area contributed by atoms with Crippen LogP contribution in [0.4, 0.5) is 0 Å². The van der Waals surface area contributed by atoms with E-state index >= 15 is 0 Å². The molecule has 0 nitrogen and oxygen atoms in total. The molecule has 6 heavy (non-hydrogen) atoms. The van der Waals surface area contributed by atoms with Gasteiger partial charge in [-0.25, -0.2) is 0 Å². The monoisotopic (exact) mass is 128 g/mol. The van der Waals surface area contributed by atoms with Crippen molar-refractivity contribution in [2.45, 2.75) is 0 Å². The molecule has 30 valence electrons. The zero-order valence-electron chi connectivity index (χ0n) is 3.81. The SMILES string of the molecule is C=CCS[S-].[Na+]. The second kappa shape index (κ2) is 9.67. The Morgan fingerprint density at radius 3 is 2.33 bits per heavy atom. The Morgan fingerprint density at radius 2 is 2.33 bits per heavy atom. The first kappa shape index (κ1) is 10.4. The van der Waals surface area contributed by atoms with Gasteiger partial charge in [0.25, 0.3) is 0 Å². The molecule has 0 aliphatic heterocycles. The second-order valence-electron chi connectivity index (χ2n) is 0.573. The average molecular weight is 128 g/mol. The van der Waals surface area contributed by atoms with Gasteiger partial charge in [-0.1, -0.05) is 6.08 Å². The van der Waals surface area contributed by atoms with Gasteiger partial charge in [0.2, 0.25) is 0 Å². The summed E-state index contributed by atoms with van der Waals surface area (Å²) >= 11 is 4.50. The van der Waals surface area contributed by atoms with Crippen molar-refractivity contribution in [2.24, 2.45) is 0 Å². The van der Waals surface area contributed by atoms with Crippen LogP contribution in [-0.2, 0) is 11.7 Å². The minimum Gasteiger partial charge on any atom is -0.719 e. The van der Waals surface area contributed by atoms with E-state index in [1.807, 2.05) is 0 Å². The number of hydrogen-bond acceptors (Lipinski definition) is 2. The smallest absolute Gasteiger partial charge is 0.719 e. The molecule has 0 aliphatic rings. The third-order valence-corrected chi connectivity index (χ3v) is 0.966. The topological polar surface area (TPSA) is 0 Å². The normalized spacial score (nSPS) is 6.17. The molecule has 0 saturated heterocycles. The number of hydrogen-bond donors (Lipinski definition) is 0. The Balaban J connectivity index is 0. The van der Waals surface area contributed by atoms with E-state index in [-0.39, 0.29) is 29.6 Å². The summed E-state index contributed by atoms with van der Waals surface area (Å²) in [5, 5.41) is 0. The summed E-state index contributed by atoms with van der Waals surface area (Å²) in [6.45, 7) is 3.46. The van der Waals surface area contributed by atoms with E-state index in [0.717, 1.165) is 5.75 Å². The summed E-state index contributed by atoms with van der Waals surface area (Å²) in [6, 6.07) is 0. The van der Waals surface area contributed by atoms with E-state index in [1.165, 1.54) is 10.8 Å². The Labute approximate surface area is 69.9 Å². The molecule has 0 bridgehead atoms. The minimum absolute atomic E-state index is 0. The van der Waals surface area contributed by atoms with Gasteiger partial charge in [-0.3, -0.25) is 0 Å². The minimum atomic E-state index is 0. The van der Waals surface area contributed by atoms with Crippen molar-refractivity contribution < 1.29 is 29.6 Å². The fourth-order valence-electron chi connectivity index (χ4n) is 0.0481. The molecule has 0 unspecified atom stereocenters. The summed E-state index contributed by atoms with van der Waals surface area (Å²) in [5.74, 6) is 0.884. The molecular weight excluding hydrogens is 123 g/mol. The molecule has 0 fully saturated rings. The van der Waals surface area contributed by atoms with Gasteiger partial charge in [-0.2, -0.15) is 0 Å². The van der Waals surface area contributed by atoms with Crippen LogP contribution in [0.15, 0.2) is 12.7 Å². The molecular formula is C3H5NaS2. The largest absolute Gasteiger partial charge is 1.00 e. The standard InChI is InChI=1S/C3H6S2.Na/c1-2-3-5-4;/h2,4H,1,3H2;/q;+1/p-1. The molecule has 0 aromatic rings. The van der Waals surface area contributed by atoms with Gasteiger partial charge in [0, 0.05) is 0 Å². The van der Waals surface area contributed by atoms with Crippen molar-refractivity contribution in [3.8, 4) is 0 Å². The predicted octanol–water partition coefficient (Wildman–Crippen LogP) is -1.63. The Kier molecular flexibility index (Phi) is 16.8. The van der Waals surface area contributed by atoms with Crippen molar-refractivity contribution in [3.63, 3.8) is 0 Å². The average Bonchev–Trinajstić information content (AvgIpc) is 1.41. The predicted molar refractivity (Wildman–Crippen MR) is 30.0 cm³/mol. The fraction of sp³-hybridized carbons (Fsp3) is 0.333. The van der Waals surface area contributed by atoms with Gasteiger partial charge in [-0.05, 0) is 5.75 Å². The quantitative estimate of drug-likeness (QED) is 0.190. The van der Waals surface area contributed by atoms with E-state index < -0.39 is 0 Å². The maximum atomic E-state index is 4.50. The molecule has 0 N–H and O–H groups in total. The van der Waals surface area contributed by atoms with E-state index in [2.05, 4.69) is 18.2 Å². The van der Waals surface area contributed by atoms with Gasteiger partial charge >= 0.3 is 29.6 Å². The molecule has 0 rings (SSSR count). The number of rotatable bonds is 2. The molecule has 0 saturated carbocycles. The third kappa shape index (κ3) is 9.06. The van der Waals surface area contributed by atoms with Crippen molar-refractivity contribution in [1.29, 1.82) is 0 Å². The Bertz CT molecular complexity index is 30.0. The maximum Gasteiger partial charge on any atom is 1.00 e. The summed E-state index contributed by atoms with van der Waals surface area (Å²) in [7, 11) is 1.37. The summed E-state index contributed by atoms with van der Waals surface area (Å²) < 4.78 is 0. The molecule has 0 heterocycles. The summed E-state index contributed by atoms with van der Waals surface area (Å²) in [4.78, 5) is 0. The molecule has 0 spiro atoms. The van der Waals surface area contributed by atoms with Crippen LogP contribution in [0.3, 0.4) is 0 Å². The molecule has 3 heteroatoms. The molecule has 0 aromatic carbocycles. The van der Waals surface area contributed by atoms with Crippen LogP contribution in [-0.4, -0.2) is 5.75 Å². The molecule has 0 aliphatic carbocycles. The van der Waals surface area contributed by atoms with Crippen LogP contribution in [0.2, 0.25) is 0 Å². The maximum absolute atomic E-state index is 4.50. The molecule has 0 aromatic heterocycles. The second-order valence-corrected chi connectivity index (χ2v) is 1.85. The fourth-order valence-corrected chi connectivity index (χ4v) is 0.433. The van der Waals surface area contributed by atoms with Crippen LogP contribution in [0.5, 0.6) is 0 Å². The van der Waals surface area contributed by atoms with Crippen LogP contribution in [0, 0.1) is 0 Å². The van der Waals surface area contributed by atoms with Crippen molar-refractivity contribution in [3.05, 3.63) is 12.7 Å². The zero-order valence-corrected chi connectivity index (χ0v) is 7.44. The molecule has 0 radical (unpaired) electrons. The van der Waals surface area contributed by atoms with Crippen LogP contribution in [0.1, 0.15) is 0 Å². The van der Waals surface area contributed by atoms with Crippen LogP contribution in [0.25, 0.3) is 0 Å². The first-order valence-corrected chi connectivity index (χ1v) is 3.18. The Hall–Kier alpha value is 1.44. The third-order valence-electron chi connectivity index (χ3n) is 0.186. The van der Waals surface area contributed by atoms with Crippen molar-refractivity contribution in [2.75, 3.05) is 5.75 Å². The van der Waals surface area contributed by atoms with Gasteiger partial charge < -0.3 is 22.5 Å². The first-order chi connectivity index (χ1) is 2.41. The summed E-state index contributed by atoms with van der Waals surface area (Å²) in [5.41, 5.74) is 0. The van der Waals surface area contributed by atoms with E-state index in [1.54, 1.807) is 6.08 Å². The van der Waals surface area contributed by atoms with Gasteiger partial charge in [-0.15, -0.1) is 6.58 Å². The zero-order chi connectivity index (χ0) is 4.12. The van der Waals surface area contributed by atoms with E-state index in [9.17, 15) is 0 Å². The van der Waals surface area contributed by atoms with E-state index in [0.29, 0.717) is 0 Å². The summed E-state index contributed by atoms with van der Waals surface area (Å²) in [6.07, 6.45) is 1.79. The van der Waals surface area contributed by atoms with Crippen LogP contribution < -0.4 is 29.6 Å².